The van der Waals surface area contributed by atoms with Crippen molar-refractivity contribution < 1.29 is 15.0 Å². The zero-order valence-corrected chi connectivity index (χ0v) is 30.8. The molecule has 0 bridgehead atoms. The molecule has 0 radical (unpaired) electrons. The number of hydrogen-bond donors (Lipinski definition) is 3. The highest BCUT2D eigenvalue weighted by atomic mass is 16.3. The quantitative estimate of drug-likeness (QED) is 0.0469. The molecule has 1 amide bonds. The van der Waals surface area contributed by atoms with Crippen molar-refractivity contribution in [2.45, 2.75) is 219 Å². The van der Waals surface area contributed by atoms with Gasteiger partial charge < -0.3 is 15.5 Å². The normalized spacial score (nSPS) is 13.4. The van der Waals surface area contributed by atoms with Gasteiger partial charge in [0.15, 0.2) is 0 Å². The molecule has 0 aromatic heterocycles. The van der Waals surface area contributed by atoms with Crippen LogP contribution in [0.4, 0.5) is 0 Å². The minimum atomic E-state index is -0.836. The predicted octanol–water partition coefficient (Wildman–Crippen LogP) is 12.2. The first-order valence-electron chi connectivity index (χ1n) is 20.2. The number of carbonyl (C=O) groups is 1. The van der Waals surface area contributed by atoms with Gasteiger partial charge in [-0.2, -0.15) is 0 Å². The van der Waals surface area contributed by atoms with Gasteiger partial charge >= 0.3 is 0 Å². The van der Waals surface area contributed by atoms with Crippen LogP contribution >= 0.6 is 0 Å². The third-order valence-corrected chi connectivity index (χ3v) is 9.13. The average molecular weight is 646 g/mol. The standard InChI is InChI=1S/C42H79NO3/c1-3-5-7-9-11-13-15-17-18-19-20-21-22-23-24-26-28-30-32-34-36-38-42(46)43-40(39-44)41(45)37-35-33-31-29-27-25-16-14-12-10-8-6-4-2/h5,7,11,13,35,37,40-41,44-45H,3-4,6,8-10,12,14-34,36,38-39H2,1-2H3,(H,43,46)/b7-5-,13-11-,37-35+. The van der Waals surface area contributed by atoms with Crippen LogP contribution in [0.2, 0.25) is 0 Å². The highest BCUT2D eigenvalue weighted by Gasteiger charge is 2.17. The number of carbonyl (C=O) groups excluding carboxylic acids is 1. The van der Waals surface area contributed by atoms with Crippen molar-refractivity contribution in [1.82, 2.24) is 5.32 Å². The van der Waals surface area contributed by atoms with Gasteiger partial charge in [0.25, 0.3) is 0 Å². The van der Waals surface area contributed by atoms with Crippen molar-refractivity contribution in [3.8, 4) is 0 Å². The zero-order chi connectivity index (χ0) is 33.6. The Bertz CT molecular complexity index is 701. The van der Waals surface area contributed by atoms with E-state index in [4.69, 9.17) is 0 Å². The SMILES string of the molecule is CC/C=C\C/C=C\CCCCCCCCCCCCCCCCC(=O)NC(CO)C(O)/C=C/CCCCCCCCCCCCC. The number of nitrogens with one attached hydrogen (secondary N) is 1. The number of allylic oxidation sites excluding steroid dienone is 5. The molecule has 0 rings (SSSR count). The molecule has 0 saturated carbocycles. The molecule has 4 nitrogen and oxygen atoms in total. The van der Waals surface area contributed by atoms with E-state index < -0.39 is 12.1 Å². The number of aliphatic hydroxyl groups excluding tert-OH is 2. The van der Waals surface area contributed by atoms with Gasteiger partial charge in [-0.3, -0.25) is 4.79 Å². The molecule has 0 fully saturated rings. The molecular weight excluding hydrogens is 566 g/mol. The summed E-state index contributed by atoms with van der Waals surface area (Å²) in [5.41, 5.74) is 0. The molecule has 0 heterocycles. The molecule has 2 atom stereocenters. The predicted molar refractivity (Wildman–Crippen MR) is 202 cm³/mol. The first-order valence-corrected chi connectivity index (χ1v) is 20.2. The van der Waals surface area contributed by atoms with Gasteiger partial charge in [-0.05, 0) is 44.9 Å². The fourth-order valence-electron chi connectivity index (χ4n) is 6.04. The van der Waals surface area contributed by atoms with E-state index in [9.17, 15) is 15.0 Å². The molecule has 0 aromatic rings. The smallest absolute Gasteiger partial charge is 0.220 e. The third kappa shape index (κ3) is 34.0. The van der Waals surface area contributed by atoms with Crippen LogP contribution in [0.15, 0.2) is 36.5 Å². The molecular formula is C42H79NO3. The summed E-state index contributed by atoms with van der Waals surface area (Å²) in [5, 5.41) is 22.9. The summed E-state index contributed by atoms with van der Waals surface area (Å²) in [7, 11) is 0. The largest absolute Gasteiger partial charge is 0.394 e. The highest BCUT2D eigenvalue weighted by Crippen LogP contribution is 2.15. The number of rotatable bonds is 36. The molecule has 4 heteroatoms. The van der Waals surface area contributed by atoms with Crippen molar-refractivity contribution >= 4 is 5.91 Å². The highest BCUT2D eigenvalue weighted by molar-refractivity contribution is 5.76. The van der Waals surface area contributed by atoms with E-state index in [-0.39, 0.29) is 12.5 Å². The molecule has 0 aliphatic carbocycles. The second-order valence-corrected chi connectivity index (χ2v) is 13.7. The van der Waals surface area contributed by atoms with Crippen molar-refractivity contribution in [3.05, 3.63) is 36.5 Å². The molecule has 0 spiro atoms. The van der Waals surface area contributed by atoms with E-state index in [1.165, 1.54) is 148 Å². The van der Waals surface area contributed by atoms with E-state index in [0.717, 1.165) is 38.5 Å². The lowest BCUT2D eigenvalue weighted by Gasteiger charge is -2.20. The van der Waals surface area contributed by atoms with Crippen LogP contribution in [-0.4, -0.2) is 34.9 Å². The maximum atomic E-state index is 12.3. The zero-order valence-electron chi connectivity index (χ0n) is 30.8. The third-order valence-electron chi connectivity index (χ3n) is 9.13. The van der Waals surface area contributed by atoms with Gasteiger partial charge in [0.2, 0.25) is 5.91 Å². The molecule has 0 saturated heterocycles. The lowest BCUT2D eigenvalue weighted by molar-refractivity contribution is -0.123. The molecule has 0 aliphatic heterocycles. The van der Waals surface area contributed by atoms with Gasteiger partial charge in [0.05, 0.1) is 18.8 Å². The van der Waals surface area contributed by atoms with Gasteiger partial charge in [-0.25, -0.2) is 0 Å². The van der Waals surface area contributed by atoms with Crippen molar-refractivity contribution in [2.75, 3.05) is 6.61 Å². The number of amides is 1. The van der Waals surface area contributed by atoms with E-state index in [0.29, 0.717) is 6.42 Å². The van der Waals surface area contributed by atoms with Crippen molar-refractivity contribution in [1.29, 1.82) is 0 Å². The minimum Gasteiger partial charge on any atom is -0.394 e. The number of aliphatic hydroxyl groups is 2. The fourth-order valence-corrected chi connectivity index (χ4v) is 6.04. The van der Waals surface area contributed by atoms with E-state index in [2.05, 4.69) is 43.5 Å². The van der Waals surface area contributed by atoms with Crippen LogP contribution in [0.1, 0.15) is 206 Å². The van der Waals surface area contributed by atoms with Crippen molar-refractivity contribution in [2.24, 2.45) is 0 Å². The summed E-state index contributed by atoms with van der Waals surface area (Å²) < 4.78 is 0. The summed E-state index contributed by atoms with van der Waals surface area (Å²) in [5.74, 6) is -0.0656. The maximum Gasteiger partial charge on any atom is 0.220 e. The molecule has 0 aromatic carbocycles. The lowest BCUT2D eigenvalue weighted by atomic mass is 10.0. The topological polar surface area (TPSA) is 69.6 Å². The summed E-state index contributed by atoms with van der Waals surface area (Å²) in [6.45, 7) is 4.20. The van der Waals surface area contributed by atoms with E-state index in [1.54, 1.807) is 6.08 Å². The summed E-state index contributed by atoms with van der Waals surface area (Å²) in [6.07, 6.45) is 49.5. The Hall–Kier alpha value is -1.39. The summed E-state index contributed by atoms with van der Waals surface area (Å²) >= 11 is 0. The Balaban J connectivity index is 3.55. The van der Waals surface area contributed by atoms with Crippen LogP contribution in [0.25, 0.3) is 0 Å². The molecule has 0 aliphatic rings. The molecule has 46 heavy (non-hydrogen) atoms. The monoisotopic (exact) mass is 646 g/mol. The van der Waals surface area contributed by atoms with Crippen molar-refractivity contribution in [3.63, 3.8) is 0 Å². The first-order chi connectivity index (χ1) is 22.7. The van der Waals surface area contributed by atoms with Crippen LogP contribution in [-0.2, 0) is 4.79 Å². The van der Waals surface area contributed by atoms with Crippen LogP contribution in [0.3, 0.4) is 0 Å². The molecule has 2 unspecified atom stereocenters. The Morgan fingerprint density at radius 1 is 0.543 bits per heavy atom. The Morgan fingerprint density at radius 3 is 1.41 bits per heavy atom. The number of hydrogen-bond acceptors (Lipinski definition) is 3. The molecule has 270 valence electrons. The van der Waals surface area contributed by atoms with Crippen LogP contribution < -0.4 is 5.32 Å². The van der Waals surface area contributed by atoms with Gasteiger partial charge in [-0.1, -0.05) is 192 Å². The Kier molecular flexibility index (Phi) is 36.9. The molecule has 3 N–H and O–H groups in total. The summed E-state index contributed by atoms with van der Waals surface area (Å²) in [4.78, 5) is 12.3. The van der Waals surface area contributed by atoms with Crippen LogP contribution in [0.5, 0.6) is 0 Å². The summed E-state index contributed by atoms with van der Waals surface area (Å²) in [6, 6.07) is -0.619. The Morgan fingerprint density at radius 2 is 0.957 bits per heavy atom. The van der Waals surface area contributed by atoms with Gasteiger partial charge in [0, 0.05) is 6.42 Å². The minimum absolute atomic E-state index is 0.0656. The Labute approximate surface area is 287 Å². The second-order valence-electron chi connectivity index (χ2n) is 13.7. The average Bonchev–Trinajstić information content (AvgIpc) is 3.06. The second kappa shape index (κ2) is 38.1. The van der Waals surface area contributed by atoms with Gasteiger partial charge in [-0.15, -0.1) is 0 Å². The first kappa shape index (κ1) is 44.6. The number of unbranched alkanes of at least 4 members (excludes halogenated alkanes) is 25. The van der Waals surface area contributed by atoms with Gasteiger partial charge in [0.1, 0.15) is 0 Å². The fraction of sp³-hybridized carbons (Fsp3) is 0.833. The van der Waals surface area contributed by atoms with Crippen LogP contribution in [0, 0.1) is 0 Å². The van der Waals surface area contributed by atoms with E-state index >= 15 is 0 Å². The maximum absolute atomic E-state index is 12.3. The lowest BCUT2D eigenvalue weighted by Crippen LogP contribution is -2.45. The van der Waals surface area contributed by atoms with E-state index in [1.807, 2.05) is 6.08 Å².